The molecule has 1 aromatic rings. The van der Waals surface area contributed by atoms with Crippen molar-refractivity contribution in [3.8, 4) is 0 Å². The summed E-state index contributed by atoms with van der Waals surface area (Å²) in [4.78, 5) is 10.0. The molecule has 1 fully saturated rings. The second-order valence-corrected chi connectivity index (χ2v) is 8.12. The zero-order valence-electron chi connectivity index (χ0n) is 15.9. The number of fused-ring (bicyclic) bond motifs is 1. The van der Waals surface area contributed by atoms with Gasteiger partial charge in [0.1, 0.15) is 24.6 Å². The molecule has 1 saturated carbocycles. The predicted octanol–water partition coefficient (Wildman–Crippen LogP) is 0.510. The van der Waals surface area contributed by atoms with Crippen LogP contribution in [0.5, 0.6) is 0 Å². The molecular weight excluding hydrogens is 424 g/mol. The van der Waals surface area contributed by atoms with Gasteiger partial charge in [-0.1, -0.05) is 22.4 Å². The fourth-order valence-electron chi connectivity index (χ4n) is 3.83. The third-order valence-electron chi connectivity index (χ3n) is 5.33. The van der Waals surface area contributed by atoms with Crippen molar-refractivity contribution in [1.82, 2.24) is 21.1 Å². The van der Waals surface area contributed by atoms with Crippen LogP contribution in [0.1, 0.15) is 24.8 Å². The van der Waals surface area contributed by atoms with Crippen molar-refractivity contribution in [1.29, 1.82) is 0 Å². The van der Waals surface area contributed by atoms with Crippen molar-refractivity contribution >= 4 is 21.8 Å². The zero-order chi connectivity index (χ0) is 19.5. The number of nitrogens with zero attached hydrogens (tertiary/aromatic N) is 3. The molecule has 0 spiro atoms. The number of amidine groups is 1. The van der Waals surface area contributed by atoms with Gasteiger partial charge in [-0.15, -0.1) is 0 Å². The molecule has 150 valence electrons. The highest BCUT2D eigenvalue weighted by Gasteiger charge is 2.32. The van der Waals surface area contributed by atoms with E-state index < -0.39 is 0 Å². The van der Waals surface area contributed by atoms with Crippen molar-refractivity contribution in [2.45, 2.75) is 31.8 Å². The second-order valence-electron chi connectivity index (χ2n) is 7.16. The number of aliphatic hydroxyl groups is 1. The average Bonchev–Trinajstić information content (AvgIpc) is 3.33. The Morgan fingerprint density at radius 1 is 1.46 bits per heavy atom. The largest absolute Gasteiger partial charge is 0.396 e. The van der Waals surface area contributed by atoms with Crippen molar-refractivity contribution in [3.05, 3.63) is 52.3 Å². The fourth-order valence-corrected chi connectivity index (χ4v) is 4.23. The van der Waals surface area contributed by atoms with Crippen LogP contribution in [0, 0.1) is 5.92 Å². The number of halogens is 1. The van der Waals surface area contributed by atoms with Crippen LogP contribution < -0.4 is 25.6 Å². The van der Waals surface area contributed by atoms with Gasteiger partial charge in [0.05, 0.1) is 17.6 Å². The minimum absolute atomic E-state index is 0.222. The first-order valence-electron chi connectivity index (χ1n) is 9.55. The van der Waals surface area contributed by atoms with Crippen molar-refractivity contribution in [3.63, 3.8) is 0 Å². The third-order valence-corrected chi connectivity index (χ3v) is 5.99. The van der Waals surface area contributed by atoms with Gasteiger partial charge in [-0.2, -0.15) is 0 Å². The van der Waals surface area contributed by atoms with E-state index in [9.17, 15) is 5.11 Å². The Balaban J connectivity index is 1.56. The van der Waals surface area contributed by atoms with Crippen LogP contribution in [-0.2, 0) is 6.54 Å². The third kappa shape index (κ3) is 4.01. The second kappa shape index (κ2) is 8.50. The summed E-state index contributed by atoms with van der Waals surface area (Å²) in [7, 11) is 1.63. The van der Waals surface area contributed by atoms with E-state index in [-0.39, 0.29) is 12.6 Å². The normalized spacial score (nSPS) is 25.6. The van der Waals surface area contributed by atoms with Crippen molar-refractivity contribution in [2.75, 3.05) is 20.3 Å². The number of aliphatic imine (C=N–C) groups is 1. The van der Waals surface area contributed by atoms with Crippen molar-refractivity contribution in [2.24, 2.45) is 10.9 Å². The van der Waals surface area contributed by atoms with Crippen LogP contribution in [0.3, 0.4) is 0 Å². The molecule has 3 heterocycles. The Hall–Kier alpha value is -2.10. The standard InChI is InChI=1S/C19H26BrN6O2/c1-28-25-7-3-4-13(11-25)9-21-18-8-17(23-16-6-2-5-14(16)12-27)24-19-15(20)10-22-26(18)19/h3-4,7-8,11,14,16,22-24,27H,2,5-6,9-10,12H2,1H3/q+1. The van der Waals surface area contributed by atoms with E-state index in [1.54, 1.807) is 11.8 Å². The zero-order valence-corrected chi connectivity index (χ0v) is 17.4. The van der Waals surface area contributed by atoms with Crippen molar-refractivity contribution < 1.29 is 14.7 Å². The fraction of sp³-hybridized carbons (Fsp3) is 0.474. The summed E-state index contributed by atoms with van der Waals surface area (Å²) in [6.07, 6.45) is 9.06. The van der Waals surface area contributed by atoms with E-state index in [0.717, 1.165) is 46.8 Å². The van der Waals surface area contributed by atoms with Gasteiger partial charge in [-0.3, -0.25) is 9.83 Å². The maximum atomic E-state index is 9.61. The Morgan fingerprint density at radius 3 is 3.18 bits per heavy atom. The maximum absolute atomic E-state index is 9.61. The van der Waals surface area contributed by atoms with E-state index in [0.29, 0.717) is 19.0 Å². The molecule has 2 atom stereocenters. The van der Waals surface area contributed by atoms with Gasteiger partial charge >= 0.3 is 0 Å². The highest BCUT2D eigenvalue weighted by molar-refractivity contribution is 9.11. The summed E-state index contributed by atoms with van der Waals surface area (Å²) in [6.45, 7) is 1.47. The topological polar surface area (TPSA) is 85.0 Å². The molecule has 0 amide bonds. The highest BCUT2D eigenvalue weighted by Crippen LogP contribution is 2.27. The number of hydrogen-bond acceptors (Lipinski definition) is 6. The molecule has 8 nitrogen and oxygen atoms in total. The summed E-state index contributed by atoms with van der Waals surface area (Å²) < 4.78 is 2.71. The molecule has 9 heteroatoms. The summed E-state index contributed by atoms with van der Waals surface area (Å²) in [5.41, 5.74) is 4.38. The first-order valence-corrected chi connectivity index (χ1v) is 10.3. The minimum Gasteiger partial charge on any atom is -0.396 e. The molecule has 2 unspecified atom stereocenters. The number of hydrogen-bond donors (Lipinski definition) is 4. The molecule has 0 saturated heterocycles. The number of aromatic nitrogens is 1. The van der Waals surface area contributed by atoms with Gasteiger partial charge in [-0.05, 0) is 18.9 Å². The SMILES string of the molecule is CO[n+]1cccc(CN=C2C=C(NC3CCCC3CO)NC3=C(Br)CNN23)c1. The van der Waals surface area contributed by atoms with Gasteiger partial charge in [0.15, 0.2) is 0 Å². The Bertz CT molecular complexity index is 824. The summed E-state index contributed by atoms with van der Waals surface area (Å²) in [5, 5.41) is 18.6. The monoisotopic (exact) mass is 449 g/mol. The lowest BCUT2D eigenvalue weighted by molar-refractivity contribution is -0.885. The van der Waals surface area contributed by atoms with E-state index in [4.69, 9.17) is 9.83 Å². The van der Waals surface area contributed by atoms with E-state index in [1.165, 1.54) is 0 Å². The van der Waals surface area contributed by atoms with Crippen LogP contribution in [0.25, 0.3) is 0 Å². The number of nitrogens with one attached hydrogen (secondary N) is 3. The molecule has 4 N–H and O–H groups in total. The summed E-state index contributed by atoms with van der Waals surface area (Å²) in [6, 6.07) is 4.24. The van der Waals surface area contributed by atoms with Crippen LogP contribution in [0.4, 0.5) is 0 Å². The molecule has 4 rings (SSSR count). The molecule has 28 heavy (non-hydrogen) atoms. The van der Waals surface area contributed by atoms with E-state index in [2.05, 4.69) is 32.0 Å². The van der Waals surface area contributed by atoms with Crippen LogP contribution in [-0.4, -0.2) is 42.3 Å². The Kier molecular flexibility index (Phi) is 5.84. The lowest BCUT2D eigenvalue weighted by atomic mass is 10.1. The minimum atomic E-state index is 0.222. The molecule has 0 bridgehead atoms. The molecule has 2 aliphatic heterocycles. The van der Waals surface area contributed by atoms with E-state index in [1.807, 2.05) is 35.6 Å². The average molecular weight is 450 g/mol. The first kappa shape index (κ1) is 19.2. The lowest BCUT2D eigenvalue weighted by Crippen LogP contribution is -2.48. The molecule has 3 aliphatic rings. The smallest absolute Gasteiger partial charge is 0.227 e. The number of aliphatic hydroxyl groups excluding tert-OH is 1. The maximum Gasteiger partial charge on any atom is 0.227 e. The van der Waals surface area contributed by atoms with Gasteiger partial charge in [0.2, 0.25) is 12.4 Å². The van der Waals surface area contributed by atoms with Gasteiger partial charge in [-0.25, -0.2) is 10.4 Å². The van der Waals surface area contributed by atoms with Gasteiger partial charge in [0, 0.05) is 41.0 Å². The number of hydrazine groups is 1. The molecule has 0 aromatic carbocycles. The predicted molar refractivity (Wildman–Crippen MR) is 109 cm³/mol. The molecule has 0 radical (unpaired) electrons. The van der Waals surface area contributed by atoms with Gasteiger partial charge < -0.3 is 15.7 Å². The summed E-state index contributed by atoms with van der Waals surface area (Å²) in [5.74, 6) is 2.99. The Labute approximate surface area is 173 Å². The lowest BCUT2D eigenvalue weighted by Gasteiger charge is -2.31. The van der Waals surface area contributed by atoms with E-state index >= 15 is 0 Å². The highest BCUT2D eigenvalue weighted by atomic mass is 79.9. The van der Waals surface area contributed by atoms with Gasteiger partial charge in [0.25, 0.3) is 0 Å². The molecule has 1 aromatic heterocycles. The van der Waals surface area contributed by atoms with Crippen LogP contribution >= 0.6 is 15.9 Å². The first-order chi connectivity index (χ1) is 13.7. The molecule has 1 aliphatic carbocycles. The van der Waals surface area contributed by atoms with Crippen LogP contribution in [0.15, 0.2) is 51.7 Å². The number of rotatable bonds is 6. The van der Waals surface area contributed by atoms with Crippen LogP contribution in [0.2, 0.25) is 0 Å². The quantitative estimate of drug-likeness (QED) is 0.473. The molecular formula is C19H26BrN6O2+. The summed E-state index contributed by atoms with van der Waals surface area (Å²) >= 11 is 3.63. The Morgan fingerprint density at radius 2 is 2.36 bits per heavy atom. The number of pyridine rings is 1.